The number of anilines is 1. The Morgan fingerprint density at radius 2 is 1.55 bits per heavy atom. The van der Waals surface area contributed by atoms with E-state index in [2.05, 4.69) is 43.3 Å². The fourth-order valence-corrected chi connectivity index (χ4v) is 3.04. The van der Waals surface area contributed by atoms with Crippen molar-refractivity contribution in [3.8, 4) is 0 Å². The fourth-order valence-electron chi connectivity index (χ4n) is 2.12. The Balaban J connectivity index is 2.04. The lowest BCUT2D eigenvalue weighted by molar-refractivity contribution is 0.0600. The van der Waals surface area contributed by atoms with Gasteiger partial charge in [-0.1, -0.05) is 34.8 Å². The average molecular weight is 587 g/mol. The molecule has 0 aliphatic rings. The number of hydrogen-bond donors (Lipinski definition) is 3. The van der Waals surface area contributed by atoms with Crippen molar-refractivity contribution in [1.29, 1.82) is 0 Å². The van der Waals surface area contributed by atoms with E-state index in [1.807, 2.05) is 0 Å². The van der Waals surface area contributed by atoms with Crippen LogP contribution in [0.2, 0.25) is 0 Å². The number of methoxy groups -OCH3 is 1. The van der Waals surface area contributed by atoms with Crippen molar-refractivity contribution in [2.45, 2.75) is 9.96 Å². The molecule has 0 fully saturated rings. The van der Waals surface area contributed by atoms with E-state index >= 15 is 0 Å². The molecule has 0 bridgehead atoms. The number of alkyl halides is 3. The van der Waals surface area contributed by atoms with Crippen LogP contribution in [0, 0.1) is 3.57 Å². The molecule has 0 aliphatic heterocycles. The highest BCUT2D eigenvalue weighted by Crippen LogP contribution is 2.29. The van der Waals surface area contributed by atoms with Crippen LogP contribution in [0.1, 0.15) is 20.7 Å². The third-order valence-corrected chi connectivity index (χ3v) is 5.14. The van der Waals surface area contributed by atoms with Crippen LogP contribution in [0.5, 0.6) is 0 Å². The zero-order chi connectivity index (χ0) is 21.6. The van der Waals surface area contributed by atoms with E-state index in [1.54, 1.807) is 48.5 Å². The molecule has 2 rings (SSSR count). The van der Waals surface area contributed by atoms with Gasteiger partial charge in [0, 0.05) is 14.8 Å². The molecule has 0 aromatic heterocycles. The normalized spacial score (nSPS) is 11.9. The first kappa shape index (κ1) is 23.9. The number of hydrogen-bond acceptors (Lipinski definition) is 4. The number of esters is 1. The lowest BCUT2D eigenvalue weighted by Crippen LogP contribution is -2.56. The summed E-state index contributed by atoms with van der Waals surface area (Å²) in [4.78, 5) is 23.9. The number of rotatable bonds is 5. The Bertz CT molecular complexity index is 890. The highest BCUT2D eigenvalue weighted by atomic mass is 127. The Morgan fingerprint density at radius 3 is 2.07 bits per heavy atom. The molecule has 0 radical (unpaired) electrons. The molecule has 0 heterocycles. The second kappa shape index (κ2) is 10.6. The van der Waals surface area contributed by atoms with E-state index < -0.39 is 21.8 Å². The standard InChI is InChI=1S/C18H15Cl3IN3O3S/c1-28-15(27)11-4-8-13(9-5-11)23-17(29)25-16(18(19,20)21)24-14(26)10-2-6-12(22)7-3-10/h2-9,16H,1H3,(H,24,26)(H2,23,25,29)/t16-/m1/s1. The number of carbonyl (C=O) groups excluding carboxylic acids is 2. The van der Waals surface area contributed by atoms with Crippen LogP contribution in [0.15, 0.2) is 48.5 Å². The minimum absolute atomic E-state index is 0.107. The molecule has 0 saturated heterocycles. The molecule has 1 atom stereocenters. The van der Waals surface area contributed by atoms with Crippen LogP contribution in [0.3, 0.4) is 0 Å². The number of carbonyl (C=O) groups is 2. The number of amides is 1. The van der Waals surface area contributed by atoms with Crippen molar-refractivity contribution in [1.82, 2.24) is 10.6 Å². The topological polar surface area (TPSA) is 79.5 Å². The Kier molecular flexibility index (Phi) is 8.77. The molecule has 0 spiro atoms. The second-order valence-corrected chi connectivity index (χ2v) is 9.65. The van der Waals surface area contributed by atoms with Gasteiger partial charge in [0.1, 0.15) is 6.17 Å². The Hall–Kier alpha value is -1.33. The van der Waals surface area contributed by atoms with Gasteiger partial charge >= 0.3 is 5.97 Å². The largest absolute Gasteiger partial charge is 0.465 e. The highest BCUT2D eigenvalue weighted by Gasteiger charge is 2.34. The SMILES string of the molecule is COC(=O)c1ccc(NC(=S)N[C@@H](NC(=O)c2ccc(I)cc2)C(Cl)(Cl)Cl)cc1. The summed E-state index contributed by atoms with van der Waals surface area (Å²) in [6, 6.07) is 13.3. The first-order valence-electron chi connectivity index (χ1n) is 7.99. The summed E-state index contributed by atoms with van der Waals surface area (Å²) in [5, 5.41) is 8.37. The second-order valence-electron chi connectivity index (χ2n) is 5.62. The molecule has 1 amide bonds. The number of thiocarbonyl (C=S) groups is 1. The van der Waals surface area contributed by atoms with Gasteiger partial charge in [0.05, 0.1) is 12.7 Å². The third kappa shape index (κ3) is 7.45. The van der Waals surface area contributed by atoms with Gasteiger partial charge in [-0.25, -0.2) is 4.79 Å². The molecule has 29 heavy (non-hydrogen) atoms. The summed E-state index contributed by atoms with van der Waals surface area (Å²) in [7, 11) is 1.30. The first-order valence-corrected chi connectivity index (χ1v) is 10.6. The van der Waals surface area contributed by atoms with Crippen LogP contribution in [-0.2, 0) is 4.74 Å². The smallest absolute Gasteiger partial charge is 0.337 e. The van der Waals surface area contributed by atoms with E-state index in [-0.39, 0.29) is 5.11 Å². The highest BCUT2D eigenvalue weighted by molar-refractivity contribution is 14.1. The Morgan fingerprint density at radius 1 is 1.00 bits per heavy atom. The maximum atomic E-state index is 12.4. The summed E-state index contributed by atoms with van der Waals surface area (Å²) in [5.74, 6) is -0.887. The number of halogens is 4. The van der Waals surface area contributed by atoms with E-state index in [4.69, 9.17) is 47.0 Å². The van der Waals surface area contributed by atoms with Gasteiger partial charge in [0.15, 0.2) is 5.11 Å². The quantitative estimate of drug-likeness (QED) is 0.158. The number of ether oxygens (including phenoxy) is 1. The number of nitrogens with one attached hydrogen (secondary N) is 3. The molecule has 6 nitrogen and oxygen atoms in total. The molecule has 2 aromatic carbocycles. The Labute approximate surface area is 201 Å². The predicted octanol–water partition coefficient (Wildman–Crippen LogP) is 4.49. The molecule has 0 aliphatic carbocycles. The number of benzene rings is 2. The summed E-state index contributed by atoms with van der Waals surface area (Å²) in [6.07, 6.45) is -1.10. The van der Waals surface area contributed by atoms with Gasteiger partial charge < -0.3 is 20.7 Å². The first-order chi connectivity index (χ1) is 13.6. The zero-order valence-electron chi connectivity index (χ0n) is 14.8. The third-order valence-electron chi connectivity index (χ3n) is 3.55. The maximum absolute atomic E-state index is 12.4. The van der Waals surface area contributed by atoms with Gasteiger partial charge in [-0.3, -0.25) is 4.79 Å². The summed E-state index contributed by atoms with van der Waals surface area (Å²) in [5.41, 5.74) is 1.38. The molecule has 154 valence electrons. The van der Waals surface area contributed by atoms with E-state index in [1.165, 1.54) is 7.11 Å². The van der Waals surface area contributed by atoms with Gasteiger partial charge in [0.2, 0.25) is 3.79 Å². The van der Waals surface area contributed by atoms with Crippen LogP contribution >= 0.6 is 69.6 Å². The van der Waals surface area contributed by atoms with Gasteiger partial charge in [0.25, 0.3) is 5.91 Å². The molecular formula is C18H15Cl3IN3O3S. The summed E-state index contributed by atoms with van der Waals surface area (Å²) >= 11 is 25.3. The van der Waals surface area contributed by atoms with E-state index in [0.29, 0.717) is 16.8 Å². The van der Waals surface area contributed by atoms with Crippen LogP contribution < -0.4 is 16.0 Å². The molecule has 11 heteroatoms. The predicted molar refractivity (Wildman–Crippen MR) is 128 cm³/mol. The summed E-state index contributed by atoms with van der Waals surface area (Å²) < 4.78 is 3.75. The molecule has 0 saturated carbocycles. The van der Waals surface area contributed by atoms with Gasteiger partial charge in [-0.15, -0.1) is 0 Å². The monoisotopic (exact) mass is 585 g/mol. The minimum Gasteiger partial charge on any atom is -0.465 e. The summed E-state index contributed by atoms with van der Waals surface area (Å²) in [6.45, 7) is 0. The zero-order valence-corrected chi connectivity index (χ0v) is 20.1. The van der Waals surface area contributed by atoms with Crippen LogP contribution in [0.4, 0.5) is 5.69 Å². The van der Waals surface area contributed by atoms with E-state index in [0.717, 1.165) is 3.57 Å². The van der Waals surface area contributed by atoms with Crippen molar-refractivity contribution in [2.75, 3.05) is 12.4 Å². The average Bonchev–Trinajstić information content (AvgIpc) is 2.67. The van der Waals surface area contributed by atoms with Gasteiger partial charge in [-0.2, -0.15) is 0 Å². The van der Waals surface area contributed by atoms with Gasteiger partial charge in [-0.05, 0) is 83.3 Å². The lowest BCUT2D eigenvalue weighted by Gasteiger charge is -2.27. The van der Waals surface area contributed by atoms with Crippen LogP contribution in [-0.4, -0.2) is 34.1 Å². The molecule has 0 unspecified atom stereocenters. The van der Waals surface area contributed by atoms with Crippen LogP contribution in [0.25, 0.3) is 0 Å². The van der Waals surface area contributed by atoms with Crippen molar-refractivity contribution in [3.05, 3.63) is 63.2 Å². The van der Waals surface area contributed by atoms with Crippen molar-refractivity contribution in [2.24, 2.45) is 0 Å². The molecular weight excluding hydrogens is 572 g/mol. The minimum atomic E-state index is -1.88. The molecule has 3 N–H and O–H groups in total. The van der Waals surface area contributed by atoms with Crippen molar-refractivity contribution < 1.29 is 14.3 Å². The fraction of sp³-hybridized carbons (Fsp3) is 0.167. The molecule has 2 aromatic rings. The lowest BCUT2D eigenvalue weighted by atomic mass is 10.2. The van der Waals surface area contributed by atoms with Crippen molar-refractivity contribution >= 4 is 92.3 Å². The maximum Gasteiger partial charge on any atom is 0.337 e. The van der Waals surface area contributed by atoms with Crippen molar-refractivity contribution in [3.63, 3.8) is 0 Å². The van der Waals surface area contributed by atoms with E-state index in [9.17, 15) is 9.59 Å².